The lowest BCUT2D eigenvalue weighted by Crippen LogP contribution is -2.30. The molecule has 0 amide bonds. The second-order valence-corrected chi connectivity index (χ2v) is 5.08. The summed E-state index contributed by atoms with van der Waals surface area (Å²) in [7, 11) is 0. The largest absolute Gasteiger partial charge is 0.389 e. The van der Waals surface area contributed by atoms with Gasteiger partial charge in [-0.15, -0.1) is 0 Å². The molecule has 0 saturated heterocycles. The van der Waals surface area contributed by atoms with Crippen molar-refractivity contribution in [3.05, 3.63) is 29.8 Å². The molecule has 18 heavy (non-hydrogen) atoms. The fourth-order valence-corrected chi connectivity index (χ4v) is 1.27. The van der Waals surface area contributed by atoms with Crippen molar-refractivity contribution >= 4 is 5.69 Å². The Morgan fingerprint density at radius 3 is 2.56 bits per heavy atom. The Bertz CT molecular complexity index is 391. The molecule has 2 N–H and O–H groups in total. The maximum atomic E-state index is 13.3. The monoisotopic (exact) mass is 259 g/mol. The molecule has 0 radical (unpaired) electrons. The van der Waals surface area contributed by atoms with E-state index in [2.05, 4.69) is 5.32 Å². The molecule has 1 aromatic carbocycles. The third kappa shape index (κ3) is 5.42. The van der Waals surface area contributed by atoms with Gasteiger partial charge in [-0.3, -0.25) is 0 Å². The Balaban J connectivity index is 2.40. The molecule has 3 nitrogen and oxygen atoms in total. The molecule has 1 unspecified atom stereocenters. The van der Waals surface area contributed by atoms with Crippen LogP contribution in [0.2, 0.25) is 0 Å². The van der Waals surface area contributed by atoms with Gasteiger partial charge in [-0.05, 0) is 32.9 Å². The van der Waals surface area contributed by atoms with Crippen LogP contribution in [-0.4, -0.2) is 30.0 Å². The van der Waals surface area contributed by atoms with Crippen LogP contribution in [0.15, 0.2) is 18.2 Å². The summed E-state index contributed by atoms with van der Waals surface area (Å²) in [6.07, 6.45) is -0.756. The van der Waals surface area contributed by atoms with Crippen molar-refractivity contribution in [1.82, 2.24) is 0 Å². The van der Waals surface area contributed by atoms with E-state index in [1.807, 2.05) is 20.8 Å². The fraction of sp³-hybridized carbons (Fsp3) is 0.538. The van der Waals surface area contributed by atoms with E-state index < -0.39 is 17.7 Å². The van der Waals surface area contributed by atoms with Crippen LogP contribution in [0.4, 0.5) is 14.5 Å². The van der Waals surface area contributed by atoms with Crippen molar-refractivity contribution in [2.24, 2.45) is 0 Å². The first-order valence-electron chi connectivity index (χ1n) is 5.79. The van der Waals surface area contributed by atoms with Crippen LogP contribution in [-0.2, 0) is 4.74 Å². The number of halogens is 2. The summed E-state index contributed by atoms with van der Waals surface area (Å²) >= 11 is 0. The smallest absolute Gasteiger partial charge is 0.149 e. The quantitative estimate of drug-likeness (QED) is 0.854. The van der Waals surface area contributed by atoms with Crippen LogP contribution in [0.25, 0.3) is 0 Å². The van der Waals surface area contributed by atoms with Gasteiger partial charge in [-0.2, -0.15) is 0 Å². The highest BCUT2D eigenvalue weighted by molar-refractivity contribution is 5.44. The molecule has 1 atom stereocenters. The van der Waals surface area contributed by atoms with Crippen LogP contribution < -0.4 is 5.32 Å². The van der Waals surface area contributed by atoms with Gasteiger partial charge in [0.05, 0.1) is 24.0 Å². The number of hydrogen-bond acceptors (Lipinski definition) is 3. The number of benzene rings is 1. The van der Waals surface area contributed by atoms with Gasteiger partial charge in [-0.1, -0.05) is 0 Å². The van der Waals surface area contributed by atoms with Gasteiger partial charge in [-0.25, -0.2) is 8.78 Å². The Hall–Kier alpha value is -1.20. The third-order valence-electron chi connectivity index (χ3n) is 2.17. The van der Waals surface area contributed by atoms with Crippen LogP contribution in [0.1, 0.15) is 20.8 Å². The fourth-order valence-electron chi connectivity index (χ4n) is 1.27. The van der Waals surface area contributed by atoms with Crippen molar-refractivity contribution in [2.75, 3.05) is 18.5 Å². The topological polar surface area (TPSA) is 41.5 Å². The van der Waals surface area contributed by atoms with Crippen molar-refractivity contribution in [3.8, 4) is 0 Å². The second kappa shape index (κ2) is 6.11. The zero-order valence-electron chi connectivity index (χ0n) is 10.8. The molecule has 0 bridgehead atoms. The van der Waals surface area contributed by atoms with E-state index in [1.54, 1.807) is 0 Å². The van der Waals surface area contributed by atoms with Crippen LogP contribution >= 0.6 is 0 Å². The molecule has 0 aliphatic rings. The van der Waals surface area contributed by atoms with Crippen LogP contribution in [0.5, 0.6) is 0 Å². The number of anilines is 1. The molecule has 0 aliphatic carbocycles. The molecule has 0 heterocycles. The molecule has 5 heteroatoms. The van der Waals surface area contributed by atoms with Gasteiger partial charge in [0.2, 0.25) is 0 Å². The number of rotatable bonds is 5. The van der Waals surface area contributed by atoms with E-state index in [1.165, 1.54) is 6.07 Å². The van der Waals surface area contributed by atoms with E-state index in [0.29, 0.717) is 0 Å². The molecule has 0 fully saturated rings. The number of nitrogens with one attached hydrogen (secondary N) is 1. The second-order valence-electron chi connectivity index (χ2n) is 5.08. The molecule has 0 aromatic heterocycles. The SMILES string of the molecule is CC(C)(C)OCC(O)CNc1ccc(F)cc1F. The van der Waals surface area contributed by atoms with Gasteiger partial charge < -0.3 is 15.2 Å². The summed E-state index contributed by atoms with van der Waals surface area (Å²) in [5, 5.41) is 12.3. The average molecular weight is 259 g/mol. The number of hydrogen-bond donors (Lipinski definition) is 2. The summed E-state index contributed by atoms with van der Waals surface area (Å²) in [5.41, 5.74) is -0.173. The van der Waals surface area contributed by atoms with Crippen molar-refractivity contribution < 1.29 is 18.6 Å². The maximum Gasteiger partial charge on any atom is 0.149 e. The Labute approximate surface area is 106 Å². The van der Waals surface area contributed by atoms with Gasteiger partial charge in [0.25, 0.3) is 0 Å². The lowest BCUT2D eigenvalue weighted by Gasteiger charge is -2.22. The Kier molecular flexibility index (Phi) is 5.04. The Morgan fingerprint density at radius 1 is 1.33 bits per heavy atom. The summed E-state index contributed by atoms with van der Waals surface area (Å²) < 4.78 is 31.3. The summed E-state index contributed by atoms with van der Waals surface area (Å²) in [6.45, 7) is 5.93. The first-order valence-corrected chi connectivity index (χ1v) is 5.79. The lowest BCUT2D eigenvalue weighted by molar-refractivity contribution is -0.0449. The molecular formula is C13H19F2NO2. The standard InChI is InChI=1S/C13H19F2NO2/c1-13(2,3)18-8-10(17)7-16-12-5-4-9(14)6-11(12)15/h4-6,10,16-17H,7-8H2,1-3H3. The number of aliphatic hydroxyl groups is 1. The molecule has 102 valence electrons. The van der Waals surface area contributed by atoms with E-state index in [9.17, 15) is 13.9 Å². The van der Waals surface area contributed by atoms with Gasteiger partial charge >= 0.3 is 0 Å². The van der Waals surface area contributed by atoms with Gasteiger partial charge in [0.15, 0.2) is 0 Å². The highest BCUT2D eigenvalue weighted by atomic mass is 19.1. The highest BCUT2D eigenvalue weighted by Crippen LogP contribution is 2.15. The predicted molar refractivity (Wildman–Crippen MR) is 66.6 cm³/mol. The van der Waals surface area contributed by atoms with E-state index in [-0.39, 0.29) is 24.4 Å². The van der Waals surface area contributed by atoms with Gasteiger partial charge in [0.1, 0.15) is 11.6 Å². The van der Waals surface area contributed by atoms with E-state index in [4.69, 9.17) is 4.74 Å². The van der Waals surface area contributed by atoms with Crippen molar-refractivity contribution in [2.45, 2.75) is 32.5 Å². The van der Waals surface area contributed by atoms with E-state index >= 15 is 0 Å². The predicted octanol–water partition coefficient (Wildman–Crippen LogP) is 2.55. The first kappa shape index (κ1) is 14.9. The normalized spacial score (nSPS) is 13.4. The molecular weight excluding hydrogens is 240 g/mol. The highest BCUT2D eigenvalue weighted by Gasteiger charge is 2.14. The van der Waals surface area contributed by atoms with E-state index in [0.717, 1.165) is 12.1 Å². The molecule has 1 aromatic rings. The third-order valence-corrected chi connectivity index (χ3v) is 2.17. The van der Waals surface area contributed by atoms with Crippen LogP contribution in [0, 0.1) is 11.6 Å². The minimum atomic E-state index is -0.756. The van der Waals surface area contributed by atoms with Crippen molar-refractivity contribution in [3.63, 3.8) is 0 Å². The molecule has 0 aliphatic heterocycles. The summed E-state index contributed by atoms with van der Waals surface area (Å²) in [4.78, 5) is 0. The molecule has 0 saturated carbocycles. The maximum absolute atomic E-state index is 13.3. The van der Waals surface area contributed by atoms with Crippen LogP contribution in [0.3, 0.4) is 0 Å². The minimum absolute atomic E-state index is 0.138. The summed E-state index contributed by atoms with van der Waals surface area (Å²) in [6, 6.07) is 3.24. The van der Waals surface area contributed by atoms with Crippen molar-refractivity contribution in [1.29, 1.82) is 0 Å². The average Bonchev–Trinajstić information content (AvgIpc) is 2.24. The number of ether oxygens (including phenoxy) is 1. The minimum Gasteiger partial charge on any atom is -0.389 e. The number of aliphatic hydroxyl groups excluding tert-OH is 1. The van der Waals surface area contributed by atoms with Gasteiger partial charge in [0, 0.05) is 12.6 Å². The zero-order chi connectivity index (χ0) is 13.8. The Morgan fingerprint density at radius 2 is 2.00 bits per heavy atom. The summed E-state index contributed by atoms with van der Waals surface area (Å²) in [5.74, 6) is -1.31. The molecule has 0 spiro atoms. The molecule has 1 rings (SSSR count). The lowest BCUT2D eigenvalue weighted by atomic mass is 10.2. The first-order chi connectivity index (χ1) is 8.28. The zero-order valence-corrected chi connectivity index (χ0v) is 10.8.